The number of carbonyl (C=O) groups is 1. The van der Waals surface area contributed by atoms with Gasteiger partial charge < -0.3 is 10.6 Å². The molecule has 0 unspecified atom stereocenters. The second-order valence-corrected chi connectivity index (χ2v) is 5.54. The van der Waals surface area contributed by atoms with Crippen LogP contribution in [0, 0.1) is 5.92 Å². The lowest BCUT2D eigenvalue weighted by molar-refractivity contribution is -0.119. The van der Waals surface area contributed by atoms with Gasteiger partial charge in [-0.2, -0.15) is 0 Å². The van der Waals surface area contributed by atoms with E-state index in [4.69, 9.17) is 0 Å². The summed E-state index contributed by atoms with van der Waals surface area (Å²) in [6, 6.07) is 18.4. The van der Waals surface area contributed by atoms with Crippen LogP contribution >= 0.6 is 0 Å². The van der Waals surface area contributed by atoms with Crippen molar-refractivity contribution < 1.29 is 4.79 Å². The number of benzene rings is 2. The quantitative estimate of drug-likeness (QED) is 0.852. The Labute approximate surface area is 125 Å². The van der Waals surface area contributed by atoms with E-state index in [1.54, 1.807) is 0 Å². The molecule has 0 spiro atoms. The summed E-state index contributed by atoms with van der Waals surface area (Å²) >= 11 is 0. The number of amides is 1. The van der Waals surface area contributed by atoms with Gasteiger partial charge in [-0.1, -0.05) is 42.5 Å². The largest absolute Gasteiger partial charge is 0.376 e. The first-order chi connectivity index (χ1) is 10.3. The summed E-state index contributed by atoms with van der Waals surface area (Å²) in [5.74, 6) is 0.785. The zero-order valence-electron chi connectivity index (χ0n) is 12.0. The Morgan fingerprint density at radius 3 is 2.29 bits per heavy atom. The zero-order valence-corrected chi connectivity index (χ0v) is 12.0. The van der Waals surface area contributed by atoms with Crippen molar-refractivity contribution >= 4 is 11.6 Å². The third-order valence-corrected chi connectivity index (χ3v) is 3.73. The molecule has 108 valence electrons. The highest BCUT2D eigenvalue weighted by Crippen LogP contribution is 2.27. The number of carbonyl (C=O) groups excluding carboxylic acids is 1. The predicted molar refractivity (Wildman–Crippen MR) is 86.1 cm³/mol. The van der Waals surface area contributed by atoms with Crippen molar-refractivity contribution in [1.29, 1.82) is 0 Å². The summed E-state index contributed by atoms with van der Waals surface area (Å²) in [5, 5.41) is 6.11. The van der Waals surface area contributed by atoms with Gasteiger partial charge in [0.25, 0.3) is 0 Å². The maximum Gasteiger partial charge on any atom is 0.239 e. The normalized spacial score (nSPS) is 13.7. The Kier molecular flexibility index (Phi) is 4.20. The Morgan fingerprint density at radius 1 is 0.952 bits per heavy atom. The first-order valence-electron chi connectivity index (χ1n) is 7.47. The lowest BCUT2D eigenvalue weighted by atomic mass is 10.1. The molecule has 0 atom stereocenters. The van der Waals surface area contributed by atoms with Gasteiger partial charge in [-0.3, -0.25) is 4.79 Å². The van der Waals surface area contributed by atoms with E-state index in [0.29, 0.717) is 6.54 Å². The van der Waals surface area contributed by atoms with Crippen LogP contribution < -0.4 is 10.6 Å². The van der Waals surface area contributed by atoms with Crippen molar-refractivity contribution in [3.8, 4) is 11.1 Å². The van der Waals surface area contributed by atoms with Gasteiger partial charge in [-0.15, -0.1) is 0 Å². The van der Waals surface area contributed by atoms with Gasteiger partial charge in [0.2, 0.25) is 5.91 Å². The van der Waals surface area contributed by atoms with E-state index in [1.165, 1.54) is 24.0 Å². The maximum absolute atomic E-state index is 11.7. The number of rotatable bonds is 6. The molecule has 1 fully saturated rings. The van der Waals surface area contributed by atoms with Gasteiger partial charge in [0.1, 0.15) is 0 Å². The molecule has 1 amide bonds. The van der Waals surface area contributed by atoms with Crippen LogP contribution in [0.4, 0.5) is 5.69 Å². The molecule has 0 bridgehead atoms. The molecule has 0 aliphatic heterocycles. The van der Waals surface area contributed by atoms with Crippen LogP contribution in [-0.2, 0) is 4.79 Å². The van der Waals surface area contributed by atoms with Gasteiger partial charge in [0.15, 0.2) is 0 Å². The van der Waals surface area contributed by atoms with Crippen LogP contribution in [0.5, 0.6) is 0 Å². The van der Waals surface area contributed by atoms with Gasteiger partial charge in [0.05, 0.1) is 6.54 Å². The molecule has 0 aromatic heterocycles. The van der Waals surface area contributed by atoms with Crippen molar-refractivity contribution in [1.82, 2.24) is 5.32 Å². The first-order valence-corrected chi connectivity index (χ1v) is 7.47. The van der Waals surface area contributed by atoms with Crippen LogP contribution in [0.2, 0.25) is 0 Å². The number of nitrogens with one attached hydrogen (secondary N) is 2. The van der Waals surface area contributed by atoms with E-state index in [-0.39, 0.29) is 5.91 Å². The van der Waals surface area contributed by atoms with E-state index in [2.05, 4.69) is 34.9 Å². The lowest BCUT2D eigenvalue weighted by Gasteiger charge is -2.08. The van der Waals surface area contributed by atoms with Crippen LogP contribution in [0.1, 0.15) is 12.8 Å². The summed E-state index contributed by atoms with van der Waals surface area (Å²) in [6.07, 6.45) is 2.52. The minimum atomic E-state index is 0.0639. The molecule has 2 aromatic carbocycles. The Bertz CT molecular complexity index is 588. The summed E-state index contributed by atoms with van der Waals surface area (Å²) in [5.41, 5.74) is 3.35. The number of hydrogen-bond donors (Lipinski definition) is 2. The molecule has 3 rings (SSSR count). The molecule has 3 heteroatoms. The van der Waals surface area contributed by atoms with Crippen molar-refractivity contribution in [3.63, 3.8) is 0 Å². The van der Waals surface area contributed by atoms with Crippen molar-refractivity contribution in [2.75, 3.05) is 18.4 Å². The summed E-state index contributed by atoms with van der Waals surface area (Å²) < 4.78 is 0. The highest BCUT2D eigenvalue weighted by molar-refractivity contribution is 5.80. The van der Waals surface area contributed by atoms with Crippen molar-refractivity contribution in [2.45, 2.75) is 12.8 Å². The molecule has 1 aliphatic carbocycles. The topological polar surface area (TPSA) is 41.1 Å². The highest BCUT2D eigenvalue weighted by atomic mass is 16.1. The molecule has 2 N–H and O–H groups in total. The fourth-order valence-electron chi connectivity index (χ4n) is 2.24. The van der Waals surface area contributed by atoms with E-state index >= 15 is 0 Å². The van der Waals surface area contributed by atoms with Crippen molar-refractivity contribution in [3.05, 3.63) is 54.6 Å². The highest BCUT2D eigenvalue weighted by Gasteiger charge is 2.21. The Hall–Kier alpha value is -2.29. The Balaban J connectivity index is 1.51. The minimum Gasteiger partial charge on any atom is -0.376 e. The van der Waals surface area contributed by atoms with Crippen molar-refractivity contribution in [2.24, 2.45) is 5.92 Å². The molecular weight excluding hydrogens is 260 g/mol. The smallest absolute Gasteiger partial charge is 0.239 e. The molecule has 2 aromatic rings. The monoisotopic (exact) mass is 280 g/mol. The molecule has 0 heterocycles. The van der Waals surface area contributed by atoms with E-state index in [1.807, 2.05) is 30.3 Å². The van der Waals surface area contributed by atoms with Crippen LogP contribution in [0.25, 0.3) is 11.1 Å². The third kappa shape index (κ3) is 4.09. The van der Waals surface area contributed by atoms with E-state index in [0.717, 1.165) is 18.2 Å². The SMILES string of the molecule is O=C(CNc1ccc(-c2ccccc2)cc1)NCC1CC1. The first kappa shape index (κ1) is 13.7. The second-order valence-electron chi connectivity index (χ2n) is 5.54. The molecular formula is C18H20N2O. The van der Waals surface area contributed by atoms with Crippen LogP contribution in [0.15, 0.2) is 54.6 Å². The average molecular weight is 280 g/mol. The standard InChI is InChI=1S/C18H20N2O/c21-18(20-12-14-6-7-14)13-19-17-10-8-16(9-11-17)15-4-2-1-3-5-15/h1-5,8-11,14,19H,6-7,12-13H2,(H,20,21). The van der Waals surface area contributed by atoms with Crippen LogP contribution in [0.3, 0.4) is 0 Å². The van der Waals surface area contributed by atoms with Gasteiger partial charge in [-0.05, 0) is 42.0 Å². The molecule has 1 aliphatic rings. The number of hydrogen-bond acceptors (Lipinski definition) is 2. The molecule has 0 saturated heterocycles. The van der Waals surface area contributed by atoms with Crippen LogP contribution in [-0.4, -0.2) is 19.0 Å². The van der Waals surface area contributed by atoms with Gasteiger partial charge >= 0.3 is 0 Å². The Morgan fingerprint density at radius 2 is 1.62 bits per heavy atom. The van der Waals surface area contributed by atoms with E-state index < -0.39 is 0 Å². The fraction of sp³-hybridized carbons (Fsp3) is 0.278. The van der Waals surface area contributed by atoms with Gasteiger partial charge in [0, 0.05) is 12.2 Å². The second kappa shape index (κ2) is 6.44. The third-order valence-electron chi connectivity index (χ3n) is 3.73. The summed E-state index contributed by atoms with van der Waals surface area (Å²) in [7, 11) is 0. The molecule has 1 saturated carbocycles. The molecule has 3 nitrogen and oxygen atoms in total. The van der Waals surface area contributed by atoms with Gasteiger partial charge in [-0.25, -0.2) is 0 Å². The minimum absolute atomic E-state index is 0.0639. The van der Waals surface area contributed by atoms with E-state index in [9.17, 15) is 4.79 Å². The average Bonchev–Trinajstić information content (AvgIpc) is 3.37. The lowest BCUT2D eigenvalue weighted by Crippen LogP contribution is -2.31. The molecule has 21 heavy (non-hydrogen) atoms. The zero-order chi connectivity index (χ0) is 14.5. The maximum atomic E-state index is 11.7. The number of anilines is 1. The molecule has 0 radical (unpaired) electrons. The summed E-state index contributed by atoms with van der Waals surface area (Å²) in [4.78, 5) is 11.7. The summed E-state index contributed by atoms with van der Waals surface area (Å²) in [6.45, 7) is 1.16. The predicted octanol–water partition coefficient (Wildman–Crippen LogP) is 3.29. The fourth-order valence-corrected chi connectivity index (χ4v) is 2.24.